The van der Waals surface area contributed by atoms with Crippen molar-refractivity contribution in [3.05, 3.63) is 35.9 Å². The summed E-state index contributed by atoms with van der Waals surface area (Å²) in [5.74, 6) is 0.0840. The number of methoxy groups -OCH3 is 1. The number of amides is 1. The Morgan fingerprint density at radius 2 is 1.77 bits per heavy atom. The standard InChI is InChI=1S/C25H34N2O4/c1-17-11-18(2)15-26(14-17)23(29)13-25(24(30)31-3)21-10-9-20(12-22(25)28)27(21)16-19-7-5-4-6-8-19/h4-8,17-18,20-21H,9-16H2,1-3H3. The smallest absolute Gasteiger partial charge is 0.321 e. The maximum Gasteiger partial charge on any atom is 0.321 e. The molecule has 168 valence electrons. The minimum atomic E-state index is -1.41. The van der Waals surface area contributed by atoms with Gasteiger partial charge < -0.3 is 9.64 Å². The normalized spacial score (nSPS) is 33.4. The Hall–Kier alpha value is -2.21. The molecule has 5 atom stereocenters. The first-order valence-electron chi connectivity index (χ1n) is 11.5. The molecule has 4 rings (SSSR count). The van der Waals surface area contributed by atoms with Crippen LogP contribution in [-0.4, -0.2) is 59.7 Å². The van der Waals surface area contributed by atoms with Gasteiger partial charge in [0.05, 0.1) is 13.5 Å². The molecule has 3 aliphatic rings. The summed E-state index contributed by atoms with van der Waals surface area (Å²) in [5, 5.41) is 0. The molecule has 3 saturated heterocycles. The fourth-order valence-electron chi connectivity index (χ4n) is 6.24. The highest BCUT2D eigenvalue weighted by atomic mass is 16.5. The van der Waals surface area contributed by atoms with E-state index in [-0.39, 0.29) is 30.2 Å². The lowest BCUT2D eigenvalue weighted by Gasteiger charge is -2.46. The number of nitrogens with zero attached hydrogens (tertiary/aromatic N) is 2. The summed E-state index contributed by atoms with van der Waals surface area (Å²) in [5.41, 5.74) is -0.255. The van der Waals surface area contributed by atoms with Crippen molar-refractivity contribution >= 4 is 17.7 Å². The molecule has 1 amide bonds. The van der Waals surface area contributed by atoms with Crippen LogP contribution in [0.2, 0.25) is 0 Å². The summed E-state index contributed by atoms with van der Waals surface area (Å²) in [6.45, 7) is 6.36. The molecular weight excluding hydrogens is 392 g/mol. The summed E-state index contributed by atoms with van der Waals surface area (Å²) in [6, 6.07) is 9.95. The second-order valence-electron chi connectivity index (χ2n) is 9.92. The van der Waals surface area contributed by atoms with Gasteiger partial charge in [0.25, 0.3) is 0 Å². The van der Waals surface area contributed by atoms with Crippen LogP contribution in [0, 0.1) is 17.3 Å². The number of ether oxygens (including phenoxy) is 1. The van der Waals surface area contributed by atoms with Gasteiger partial charge in [0.15, 0.2) is 11.2 Å². The third-order valence-electron chi connectivity index (χ3n) is 7.54. The van der Waals surface area contributed by atoms with Crippen LogP contribution in [0.5, 0.6) is 0 Å². The SMILES string of the molecule is COC(=O)C1(CC(=O)N2CC(C)CC(C)C2)C(=O)CC2CCC1N2Cc1ccccc1. The van der Waals surface area contributed by atoms with Gasteiger partial charge in [-0.3, -0.25) is 19.3 Å². The van der Waals surface area contributed by atoms with E-state index in [0.717, 1.165) is 24.8 Å². The van der Waals surface area contributed by atoms with Gasteiger partial charge in [0, 0.05) is 38.1 Å². The van der Waals surface area contributed by atoms with Gasteiger partial charge in [-0.15, -0.1) is 0 Å². The summed E-state index contributed by atoms with van der Waals surface area (Å²) in [4.78, 5) is 44.2. The fourth-order valence-corrected chi connectivity index (χ4v) is 6.24. The van der Waals surface area contributed by atoms with Crippen LogP contribution in [0.15, 0.2) is 30.3 Å². The van der Waals surface area contributed by atoms with Crippen molar-refractivity contribution < 1.29 is 19.1 Å². The van der Waals surface area contributed by atoms with E-state index in [1.165, 1.54) is 7.11 Å². The van der Waals surface area contributed by atoms with E-state index in [4.69, 9.17) is 4.74 Å². The minimum absolute atomic E-state index is 0.0827. The molecular formula is C25H34N2O4. The Labute approximate surface area is 184 Å². The monoisotopic (exact) mass is 426 g/mol. The molecule has 0 N–H and O–H groups in total. The van der Waals surface area contributed by atoms with E-state index < -0.39 is 11.4 Å². The molecule has 0 aliphatic carbocycles. The topological polar surface area (TPSA) is 66.9 Å². The largest absolute Gasteiger partial charge is 0.468 e. The second-order valence-corrected chi connectivity index (χ2v) is 9.92. The maximum atomic E-state index is 13.4. The Morgan fingerprint density at radius 1 is 1.10 bits per heavy atom. The van der Waals surface area contributed by atoms with Crippen LogP contribution in [0.1, 0.15) is 51.5 Å². The molecule has 31 heavy (non-hydrogen) atoms. The van der Waals surface area contributed by atoms with Crippen LogP contribution in [0.4, 0.5) is 0 Å². The van der Waals surface area contributed by atoms with Gasteiger partial charge in [-0.25, -0.2) is 0 Å². The van der Waals surface area contributed by atoms with Gasteiger partial charge >= 0.3 is 5.97 Å². The van der Waals surface area contributed by atoms with Crippen molar-refractivity contribution in [3.8, 4) is 0 Å². The third-order valence-corrected chi connectivity index (χ3v) is 7.54. The zero-order chi connectivity index (χ0) is 22.2. The highest BCUT2D eigenvalue weighted by Crippen LogP contribution is 2.48. The summed E-state index contributed by atoms with van der Waals surface area (Å²) in [7, 11) is 1.33. The number of rotatable bonds is 5. The molecule has 0 aromatic heterocycles. The van der Waals surface area contributed by atoms with E-state index >= 15 is 0 Å². The second kappa shape index (κ2) is 8.73. The summed E-state index contributed by atoms with van der Waals surface area (Å²) < 4.78 is 5.19. The first kappa shape index (κ1) is 22.0. The van der Waals surface area contributed by atoms with Crippen molar-refractivity contribution in [1.82, 2.24) is 9.80 Å². The first-order valence-corrected chi connectivity index (χ1v) is 11.5. The molecule has 5 unspecified atom stereocenters. The van der Waals surface area contributed by atoms with Gasteiger partial charge in [0.2, 0.25) is 5.91 Å². The lowest BCUT2D eigenvalue weighted by molar-refractivity contribution is -0.171. The Balaban J connectivity index is 1.63. The van der Waals surface area contributed by atoms with Gasteiger partial charge in [0.1, 0.15) is 0 Å². The quantitative estimate of drug-likeness (QED) is 0.535. The molecule has 0 radical (unpaired) electrons. The molecule has 3 aliphatic heterocycles. The van der Waals surface area contributed by atoms with E-state index in [1.54, 1.807) is 0 Å². The van der Waals surface area contributed by atoms with Gasteiger partial charge in [-0.05, 0) is 36.7 Å². The average Bonchev–Trinajstić information content (AvgIpc) is 3.06. The van der Waals surface area contributed by atoms with E-state index in [9.17, 15) is 14.4 Å². The average molecular weight is 427 g/mol. The number of piperidine rings is 2. The Kier molecular flexibility index (Phi) is 6.20. The number of hydrogen-bond donors (Lipinski definition) is 0. The number of hydrogen-bond acceptors (Lipinski definition) is 5. The molecule has 0 spiro atoms. The molecule has 0 saturated carbocycles. The van der Waals surface area contributed by atoms with Crippen LogP contribution in [-0.2, 0) is 25.7 Å². The Bertz CT molecular complexity index is 831. The van der Waals surface area contributed by atoms with Crippen LogP contribution in [0.3, 0.4) is 0 Å². The van der Waals surface area contributed by atoms with E-state index in [0.29, 0.717) is 37.9 Å². The number of Topliss-reactive ketones (excluding diaryl/α,β-unsaturated/α-hetero) is 1. The zero-order valence-electron chi connectivity index (χ0n) is 18.9. The molecule has 6 heteroatoms. The molecule has 3 heterocycles. The first-order chi connectivity index (χ1) is 14.8. The van der Waals surface area contributed by atoms with Crippen molar-refractivity contribution in [2.75, 3.05) is 20.2 Å². The molecule has 6 nitrogen and oxygen atoms in total. The highest BCUT2D eigenvalue weighted by Gasteiger charge is 2.62. The molecule has 3 fully saturated rings. The van der Waals surface area contributed by atoms with Crippen molar-refractivity contribution in [3.63, 3.8) is 0 Å². The van der Waals surface area contributed by atoms with Crippen molar-refractivity contribution in [1.29, 1.82) is 0 Å². The van der Waals surface area contributed by atoms with Crippen molar-refractivity contribution in [2.45, 2.75) is 64.6 Å². The van der Waals surface area contributed by atoms with Crippen LogP contribution >= 0.6 is 0 Å². The van der Waals surface area contributed by atoms with Crippen LogP contribution in [0.25, 0.3) is 0 Å². The van der Waals surface area contributed by atoms with Crippen molar-refractivity contribution in [2.24, 2.45) is 17.3 Å². The van der Waals surface area contributed by atoms with Crippen LogP contribution < -0.4 is 0 Å². The lowest BCUT2D eigenvalue weighted by Crippen LogP contribution is -2.61. The van der Waals surface area contributed by atoms with E-state index in [2.05, 4.69) is 30.9 Å². The summed E-state index contributed by atoms with van der Waals surface area (Å²) >= 11 is 0. The predicted molar refractivity (Wildman–Crippen MR) is 117 cm³/mol. The number of esters is 1. The number of carbonyl (C=O) groups excluding carboxylic acids is 3. The lowest BCUT2D eigenvalue weighted by atomic mass is 9.69. The number of carbonyl (C=O) groups is 3. The summed E-state index contributed by atoms with van der Waals surface area (Å²) in [6.07, 6.45) is 2.92. The third kappa shape index (κ3) is 4.02. The highest BCUT2D eigenvalue weighted by molar-refractivity contribution is 6.08. The minimum Gasteiger partial charge on any atom is -0.468 e. The zero-order valence-corrected chi connectivity index (χ0v) is 18.9. The number of benzene rings is 1. The van der Waals surface area contributed by atoms with Gasteiger partial charge in [-0.2, -0.15) is 0 Å². The maximum absolute atomic E-state index is 13.4. The van der Waals surface area contributed by atoms with Gasteiger partial charge in [-0.1, -0.05) is 44.2 Å². The molecule has 2 bridgehead atoms. The number of fused-ring (bicyclic) bond motifs is 2. The molecule has 1 aromatic carbocycles. The predicted octanol–water partition coefficient (Wildman–Crippen LogP) is 3.05. The number of likely N-dealkylation sites (tertiary alicyclic amines) is 1. The number of ketones is 1. The van der Waals surface area contributed by atoms with E-state index in [1.807, 2.05) is 23.1 Å². The molecule has 1 aromatic rings. The Morgan fingerprint density at radius 3 is 2.42 bits per heavy atom. The fraction of sp³-hybridized carbons (Fsp3) is 0.640.